The van der Waals surface area contributed by atoms with Gasteiger partial charge in [0.1, 0.15) is 11.5 Å². The Morgan fingerprint density at radius 1 is 0.744 bits per heavy atom. The van der Waals surface area contributed by atoms with Crippen molar-refractivity contribution in [2.75, 3.05) is 0 Å². The van der Waals surface area contributed by atoms with Crippen molar-refractivity contribution in [1.29, 1.82) is 0 Å². The highest BCUT2D eigenvalue weighted by molar-refractivity contribution is 9.11. The van der Waals surface area contributed by atoms with Gasteiger partial charge in [-0.3, -0.25) is 14.4 Å². The number of carboxylic acids is 1. The maximum atomic E-state index is 14.2. The summed E-state index contributed by atoms with van der Waals surface area (Å²) in [7, 11) is 0. The first-order valence-corrected chi connectivity index (χ1v) is 15.0. The third kappa shape index (κ3) is 6.26. The van der Waals surface area contributed by atoms with Crippen molar-refractivity contribution in [3.63, 3.8) is 0 Å². The molecule has 0 saturated heterocycles. The first kappa shape index (κ1) is 30.2. The monoisotopic (exact) mass is 700 g/mol. The van der Waals surface area contributed by atoms with E-state index in [4.69, 9.17) is 4.74 Å². The van der Waals surface area contributed by atoms with Crippen molar-refractivity contribution >= 4 is 60.2 Å². The Kier molecular flexibility index (Phi) is 8.80. The number of hydrogen-bond acceptors (Lipinski definition) is 5. The minimum absolute atomic E-state index is 0.0634. The molecule has 0 heterocycles. The van der Waals surface area contributed by atoms with Gasteiger partial charge in [0.15, 0.2) is 17.3 Å². The van der Waals surface area contributed by atoms with Crippen LogP contribution in [0.15, 0.2) is 99.9 Å². The number of halogens is 2. The molecular formula is C35H26Br2O6. The minimum Gasteiger partial charge on any atom is -0.508 e. The van der Waals surface area contributed by atoms with Crippen molar-refractivity contribution < 1.29 is 29.3 Å². The molecule has 0 bridgehead atoms. The highest BCUT2D eigenvalue weighted by atomic mass is 79.9. The Hall–Kier alpha value is -4.27. The molecule has 0 aliphatic rings. The number of ether oxygens (including phenoxy) is 1. The lowest BCUT2D eigenvalue weighted by Gasteiger charge is -2.18. The van der Waals surface area contributed by atoms with E-state index in [2.05, 4.69) is 31.9 Å². The Bertz CT molecular complexity index is 1880. The molecule has 5 aromatic rings. The number of aromatic hydroxyl groups is 1. The first-order chi connectivity index (χ1) is 20.5. The quantitative estimate of drug-likeness (QED) is 0.149. The lowest BCUT2D eigenvalue weighted by atomic mass is 9.90. The van der Waals surface area contributed by atoms with E-state index in [1.807, 2.05) is 50.2 Å². The second kappa shape index (κ2) is 12.5. The largest absolute Gasteiger partial charge is 0.508 e. The van der Waals surface area contributed by atoms with Gasteiger partial charge in [-0.25, -0.2) is 0 Å². The summed E-state index contributed by atoms with van der Waals surface area (Å²) < 4.78 is 7.25. The highest BCUT2D eigenvalue weighted by Crippen LogP contribution is 2.42. The molecular weight excluding hydrogens is 676 g/mol. The second-order valence-electron chi connectivity index (χ2n) is 10.4. The van der Waals surface area contributed by atoms with Crippen LogP contribution in [0.4, 0.5) is 0 Å². The number of phenolic OH excluding ortho intramolecular Hbond substituents is 1. The van der Waals surface area contributed by atoms with Gasteiger partial charge in [0.2, 0.25) is 0 Å². The van der Waals surface area contributed by atoms with Crippen LogP contribution in [0.25, 0.3) is 10.8 Å². The Labute approximate surface area is 265 Å². The van der Waals surface area contributed by atoms with Gasteiger partial charge >= 0.3 is 5.97 Å². The van der Waals surface area contributed by atoms with Crippen LogP contribution in [0.3, 0.4) is 0 Å². The SMILES string of the molecule is CC(C)c1cc(Oc2c(Br)cc(CC(=O)O)cc2Br)c(C(=O)c2ccccc2C(=O)c2cccc3ccccc23)cc1O. The average Bonchev–Trinajstić information content (AvgIpc) is 2.98. The zero-order chi connectivity index (χ0) is 30.8. The van der Waals surface area contributed by atoms with Gasteiger partial charge in [0.05, 0.1) is 20.9 Å². The van der Waals surface area contributed by atoms with Crippen LogP contribution in [0, 0.1) is 0 Å². The number of carboxylic acid groups (broad SMARTS) is 1. The Morgan fingerprint density at radius 2 is 1.30 bits per heavy atom. The fraction of sp³-hybridized carbons (Fsp3) is 0.114. The van der Waals surface area contributed by atoms with Crippen molar-refractivity contribution in [3.8, 4) is 17.2 Å². The van der Waals surface area contributed by atoms with Crippen LogP contribution in [0.5, 0.6) is 17.2 Å². The van der Waals surface area contributed by atoms with Crippen LogP contribution in [0.1, 0.15) is 62.7 Å². The lowest BCUT2D eigenvalue weighted by Crippen LogP contribution is -2.12. The number of phenols is 1. The molecule has 0 aliphatic carbocycles. The van der Waals surface area contributed by atoms with E-state index in [9.17, 15) is 24.6 Å². The van der Waals surface area contributed by atoms with Crippen LogP contribution in [0.2, 0.25) is 0 Å². The molecule has 0 aromatic heterocycles. The molecule has 6 nitrogen and oxygen atoms in total. The van der Waals surface area contributed by atoms with Crippen LogP contribution in [-0.4, -0.2) is 27.7 Å². The molecule has 5 rings (SSSR count). The first-order valence-electron chi connectivity index (χ1n) is 13.5. The van der Waals surface area contributed by atoms with Crippen LogP contribution < -0.4 is 4.74 Å². The molecule has 0 aliphatic heterocycles. The number of hydrogen-bond donors (Lipinski definition) is 2. The molecule has 0 spiro atoms. The van der Waals surface area contributed by atoms with E-state index in [1.54, 1.807) is 48.5 Å². The van der Waals surface area contributed by atoms with E-state index >= 15 is 0 Å². The molecule has 0 unspecified atom stereocenters. The summed E-state index contributed by atoms with van der Waals surface area (Å²) in [6.45, 7) is 3.82. The summed E-state index contributed by atoms with van der Waals surface area (Å²) in [6, 6.07) is 25.9. The van der Waals surface area contributed by atoms with Crippen LogP contribution >= 0.6 is 31.9 Å². The second-order valence-corrected chi connectivity index (χ2v) is 12.1. The normalized spacial score (nSPS) is 11.1. The molecule has 43 heavy (non-hydrogen) atoms. The third-order valence-electron chi connectivity index (χ3n) is 7.07. The Balaban J connectivity index is 1.62. The Morgan fingerprint density at radius 3 is 1.93 bits per heavy atom. The standard InChI is InChI=1S/C35H26Br2O6/c1-19(2)26-18-31(43-35-28(36)14-20(15-29(35)37)16-32(39)40)27(17-30(26)38)34(42)25-12-6-5-11-24(25)33(41)23-13-7-9-21-8-3-4-10-22(21)23/h3-15,17-19,38H,16H2,1-2H3,(H,39,40). The molecule has 216 valence electrons. The predicted octanol–water partition coefficient (Wildman–Crippen LogP) is 9.08. The van der Waals surface area contributed by atoms with E-state index in [-0.39, 0.29) is 46.3 Å². The van der Waals surface area contributed by atoms with Crippen molar-refractivity contribution in [1.82, 2.24) is 0 Å². The maximum Gasteiger partial charge on any atom is 0.307 e. The van der Waals surface area contributed by atoms with Crippen molar-refractivity contribution in [2.24, 2.45) is 0 Å². The average molecular weight is 702 g/mol. The fourth-order valence-corrected chi connectivity index (χ4v) is 6.44. The molecule has 5 aromatic carbocycles. The predicted molar refractivity (Wildman–Crippen MR) is 173 cm³/mol. The van der Waals surface area contributed by atoms with Crippen molar-refractivity contribution in [3.05, 3.63) is 133 Å². The minimum atomic E-state index is -0.975. The zero-order valence-corrected chi connectivity index (χ0v) is 26.4. The number of rotatable bonds is 9. The molecule has 0 fully saturated rings. The molecule has 0 radical (unpaired) electrons. The third-order valence-corrected chi connectivity index (χ3v) is 8.25. The number of fused-ring (bicyclic) bond motifs is 1. The smallest absolute Gasteiger partial charge is 0.307 e. The summed E-state index contributed by atoms with van der Waals surface area (Å²) >= 11 is 6.93. The van der Waals surface area contributed by atoms with Gasteiger partial charge in [0.25, 0.3) is 0 Å². The van der Waals surface area contributed by atoms with Crippen LogP contribution in [-0.2, 0) is 11.2 Å². The molecule has 2 N–H and O–H groups in total. The zero-order valence-electron chi connectivity index (χ0n) is 23.2. The molecule has 0 atom stereocenters. The number of carbonyl (C=O) groups is 3. The van der Waals surface area contributed by atoms with Gasteiger partial charge in [0, 0.05) is 22.3 Å². The summed E-state index contributed by atoms with van der Waals surface area (Å²) in [4.78, 5) is 39.4. The summed E-state index contributed by atoms with van der Waals surface area (Å²) in [5.41, 5.74) is 2.04. The highest BCUT2D eigenvalue weighted by Gasteiger charge is 2.26. The lowest BCUT2D eigenvalue weighted by molar-refractivity contribution is -0.136. The summed E-state index contributed by atoms with van der Waals surface area (Å²) in [6.07, 6.45) is -0.181. The number of ketones is 2. The van der Waals surface area contributed by atoms with Gasteiger partial charge in [-0.15, -0.1) is 0 Å². The van der Waals surface area contributed by atoms with Gasteiger partial charge in [-0.1, -0.05) is 80.6 Å². The number of aliphatic carboxylic acids is 1. The maximum absolute atomic E-state index is 14.2. The van der Waals surface area contributed by atoms with E-state index < -0.39 is 11.8 Å². The number of carbonyl (C=O) groups excluding carboxylic acids is 2. The number of benzene rings is 5. The molecule has 0 saturated carbocycles. The topological polar surface area (TPSA) is 101 Å². The van der Waals surface area contributed by atoms with Crippen molar-refractivity contribution in [2.45, 2.75) is 26.2 Å². The van der Waals surface area contributed by atoms with E-state index in [0.717, 1.165) is 10.8 Å². The van der Waals surface area contributed by atoms with Gasteiger partial charge < -0.3 is 14.9 Å². The van der Waals surface area contributed by atoms with Gasteiger partial charge in [-0.05, 0) is 78.4 Å². The van der Waals surface area contributed by atoms with E-state index in [0.29, 0.717) is 31.4 Å². The summed E-state index contributed by atoms with van der Waals surface area (Å²) in [5.74, 6) is -1.44. The summed E-state index contributed by atoms with van der Waals surface area (Å²) in [5, 5.41) is 21.8. The molecule has 0 amide bonds. The fourth-order valence-electron chi connectivity index (χ4n) is 5.00. The molecule has 8 heteroatoms. The van der Waals surface area contributed by atoms with E-state index in [1.165, 1.54) is 6.07 Å². The van der Waals surface area contributed by atoms with Gasteiger partial charge in [-0.2, -0.15) is 0 Å².